The van der Waals surface area contributed by atoms with Crippen molar-refractivity contribution in [3.63, 3.8) is 0 Å². The lowest BCUT2D eigenvalue weighted by Gasteiger charge is -2.00. The maximum Gasteiger partial charge on any atom is 0.0846 e. The normalized spacial score (nSPS) is 13.5. The van der Waals surface area contributed by atoms with Gasteiger partial charge in [-0.25, -0.2) is 0 Å². The summed E-state index contributed by atoms with van der Waals surface area (Å²) in [4.78, 5) is 0. The van der Waals surface area contributed by atoms with Gasteiger partial charge in [0.15, 0.2) is 0 Å². The fourth-order valence-electron chi connectivity index (χ4n) is 0.904. The number of rotatable bonds is 3. The smallest absolute Gasteiger partial charge is 0.0846 e. The summed E-state index contributed by atoms with van der Waals surface area (Å²) >= 11 is 5.89. The molecule has 13 heavy (non-hydrogen) atoms. The van der Waals surface area contributed by atoms with Gasteiger partial charge in [-0.3, -0.25) is 0 Å². The minimum absolute atomic E-state index is 0.223. The molecule has 0 amide bonds. The predicted molar refractivity (Wildman–Crippen MR) is 55.5 cm³/mol. The predicted octanol–water partition coefficient (Wildman–Crippen LogP) is 1.67. The van der Waals surface area contributed by atoms with Crippen LogP contribution in [0.1, 0.15) is 5.56 Å². The summed E-state index contributed by atoms with van der Waals surface area (Å²) in [5, 5.41) is 9.82. The first kappa shape index (κ1) is 10.3. The van der Waals surface area contributed by atoms with Crippen molar-refractivity contribution in [1.82, 2.24) is 0 Å². The van der Waals surface area contributed by atoms with E-state index in [0.717, 1.165) is 5.56 Å². The van der Waals surface area contributed by atoms with E-state index in [-0.39, 0.29) is 6.54 Å². The summed E-state index contributed by atoms with van der Waals surface area (Å²) < 4.78 is 0. The molecule has 0 bridgehead atoms. The van der Waals surface area contributed by atoms with Crippen LogP contribution < -0.4 is 5.73 Å². The van der Waals surface area contributed by atoms with Crippen LogP contribution in [0, 0.1) is 0 Å². The molecule has 0 aliphatic rings. The molecule has 0 saturated heterocycles. The first-order chi connectivity index (χ1) is 6.24. The van der Waals surface area contributed by atoms with Gasteiger partial charge in [0.2, 0.25) is 0 Å². The second-order valence-corrected chi connectivity index (χ2v) is 3.09. The molecule has 1 unspecified atom stereocenters. The number of hydrogen-bond donors (Lipinski definition) is 2. The lowest BCUT2D eigenvalue weighted by Crippen LogP contribution is -2.16. The van der Waals surface area contributed by atoms with Crippen LogP contribution in [0.15, 0.2) is 30.3 Å². The molecule has 1 aromatic carbocycles. The Balaban J connectivity index is 2.74. The average molecular weight is 198 g/mol. The van der Waals surface area contributed by atoms with Crippen LogP contribution in [0.25, 0.3) is 6.08 Å². The Kier molecular flexibility index (Phi) is 3.96. The van der Waals surface area contributed by atoms with Crippen LogP contribution in [0.2, 0.25) is 5.02 Å². The molecular formula is C10H12ClNO. The fourth-order valence-corrected chi connectivity index (χ4v) is 1.10. The lowest BCUT2D eigenvalue weighted by atomic mass is 10.2. The Morgan fingerprint density at radius 1 is 1.46 bits per heavy atom. The zero-order valence-electron chi connectivity index (χ0n) is 7.15. The fraction of sp³-hybridized carbons (Fsp3) is 0.200. The van der Waals surface area contributed by atoms with Crippen molar-refractivity contribution in [2.45, 2.75) is 6.10 Å². The Hall–Kier alpha value is -0.830. The largest absolute Gasteiger partial charge is 0.388 e. The van der Waals surface area contributed by atoms with Crippen molar-refractivity contribution in [2.75, 3.05) is 6.54 Å². The molecule has 3 heteroatoms. The third-order valence-corrected chi connectivity index (χ3v) is 1.99. The molecule has 0 aliphatic heterocycles. The van der Waals surface area contributed by atoms with E-state index in [1.165, 1.54) is 0 Å². The van der Waals surface area contributed by atoms with Gasteiger partial charge in [0.1, 0.15) is 0 Å². The Morgan fingerprint density at radius 3 is 2.77 bits per heavy atom. The molecular weight excluding hydrogens is 186 g/mol. The van der Waals surface area contributed by atoms with Crippen molar-refractivity contribution in [1.29, 1.82) is 0 Å². The van der Waals surface area contributed by atoms with Gasteiger partial charge >= 0.3 is 0 Å². The Bertz CT molecular complexity index is 299. The summed E-state index contributed by atoms with van der Waals surface area (Å²) in [6, 6.07) is 7.43. The Labute approximate surface area is 82.6 Å². The topological polar surface area (TPSA) is 46.2 Å². The number of aliphatic hydroxyl groups excluding tert-OH is 1. The minimum Gasteiger partial charge on any atom is -0.388 e. The van der Waals surface area contributed by atoms with E-state index >= 15 is 0 Å². The van der Waals surface area contributed by atoms with E-state index in [0.29, 0.717) is 5.02 Å². The maximum absolute atomic E-state index is 9.16. The highest BCUT2D eigenvalue weighted by Crippen LogP contribution is 2.16. The van der Waals surface area contributed by atoms with Crippen molar-refractivity contribution >= 4 is 17.7 Å². The van der Waals surface area contributed by atoms with E-state index in [9.17, 15) is 0 Å². The number of halogens is 1. The summed E-state index contributed by atoms with van der Waals surface area (Å²) in [6.07, 6.45) is 2.79. The van der Waals surface area contributed by atoms with Gasteiger partial charge in [-0.2, -0.15) is 0 Å². The third-order valence-electron chi connectivity index (χ3n) is 1.64. The van der Waals surface area contributed by atoms with E-state index in [1.54, 1.807) is 18.2 Å². The van der Waals surface area contributed by atoms with Crippen LogP contribution in [-0.2, 0) is 0 Å². The van der Waals surface area contributed by atoms with Crippen molar-refractivity contribution < 1.29 is 5.11 Å². The van der Waals surface area contributed by atoms with Gasteiger partial charge < -0.3 is 10.8 Å². The minimum atomic E-state index is -0.601. The highest BCUT2D eigenvalue weighted by molar-refractivity contribution is 6.32. The first-order valence-electron chi connectivity index (χ1n) is 4.05. The van der Waals surface area contributed by atoms with Gasteiger partial charge in [0.05, 0.1) is 6.10 Å². The zero-order valence-corrected chi connectivity index (χ0v) is 7.91. The average Bonchev–Trinajstić information content (AvgIpc) is 2.16. The van der Waals surface area contributed by atoms with Crippen molar-refractivity contribution in [3.8, 4) is 0 Å². The lowest BCUT2D eigenvalue weighted by molar-refractivity contribution is 0.232. The maximum atomic E-state index is 9.16. The second kappa shape index (κ2) is 5.02. The number of hydrogen-bond acceptors (Lipinski definition) is 2. The van der Waals surface area contributed by atoms with E-state index in [4.69, 9.17) is 22.4 Å². The summed E-state index contributed by atoms with van der Waals surface area (Å²) in [7, 11) is 0. The molecule has 70 valence electrons. The van der Waals surface area contributed by atoms with Gasteiger partial charge in [0.25, 0.3) is 0 Å². The Morgan fingerprint density at radius 2 is 2.15 bits per heavy atom. The number of nitrogens with two attached hydrogens (primary N) is 1. The molecule has 0 heterocycles. The van der Waals surface area contributed by atoms with Crippen LogP contribution in [0.3, 0.4) is 0 Å². The van der Waals surface area contributed by atoms with Crippen LogP contribution in [-0.4, -0.2) is 17.8 Å². The molecule has 0 saturated carbocycles. The van der Waals surface area contributed by atoms with E-state index < -0.39 is 6.10 Å². The molecule has 0 fully saturated rings. The molecule has 1 aromatic rings. The molecule has 3 N–H and O–H groups in total. The third kappa shape index (κ3) is 3.19. The van der Waals surface area contributed by atoms with Crippen molar-refractivity contribution in [3.05, 3.63) is 40.9 Å². The van der Waals surface area contributed by atoms with Crippen LogP contribution in [0.4, 0.5) is 0 Å². The molecule has 2 nitrogen and oxygen atoms in total. The molecule has 0 aliphatic carbocycles. The highest BCUT2D eigenvalue weighted by Gasteiger charge is 1.96. The number of aliphatic hydroxyl groups is 1. The zero-order chi connectivity index (χ0) is 9.68. The van der Waals surface area contributed by atoms with Crippen LogP contribution >= 0.6 is 11.6 Å². The molecule has 1 atom stereocenters. The quantitative estimate of drug-likeness (QED) is 0.775. The number of benzene rings is 1. The SMILES string of the molecule is NCC(O)/C=C/c1ccccc1Cl. The molecule has 0 radical (unpaired) electrons. The summed E-state index contributed by atoms with van der Waals surface area (Å²) in [5.41, 5.74) is 6.13. The van der Waals surface area contributed by atoms with Gasteiger partial charge in [-0.05, 0) is 11.6 Å². The second-order valence-electron chi connectivity index (χ2n) is 2.68. The van der Waals surface area contributed by atoms with Crippen LogP contribution in [0.5, 0.6) is 0 Å². The van der Waals surface area contributed by atoms with E-state index in [1.807, 2.05) is 18.2 Å². The monoisotopic (exact) mass is 197 g/mol. The molecule has 0 aromatic heterocycles. The standard InChI is InChI=1S/C10H12ClNO/c11-10-4-2-1-3-8(10)5-6-9(13)7-12/h1-6,9,13H,7,12H2/b6-5+. The molecule has 0 spiro atoms. The van der Waals surface area contributed by atoms with Gasteiger partial charge in [-0.1, -0.05) is 42.0 Å². The van der Waals surface area contributed by atoms with Gasteiger partial charge in [0, 0.05) is 11.6 Å². The summed E-state index contributed by atoms with van der Waals surface area (Å²) in [6.45, 7) is 0.223. The summed E-state index contributed by atoms with van der Waals surface area (Å²) in [5.74, 6) is 0. The molecule has 1 rings (SSSR count). The van der Waals surface area contributed by atoms with Crippen molar-refractivity contribution in [2.24, 2.45) is 5.73 Å². The van der Waals surface area contributed by atoms with Gasteiger partial charge in [-0.15, -0.1) is 0 Å². The first-order valence-corrected chi connectivity index (χ1v) is 4.42. The van der Waals surface area contributed by atoms with E-state index in [2.05, 4.69) is 0 Å². The highest BCUT2D eigenvalue weighted by atomic mass is 35.5.